The Hall–Kier alpha value is -2.48. The lowest BCUT2D eigenvalue weighted by Crippen LogP contribution is -2.30. The van der Waals surface area contributed by atoms with Gasteiger partial charge in [-0.2, -0.15) is 0 Å². The van der Waals surface area contributed by atoms with Crippen LogP contribution in [0.3, 0.4) is 0 Å². The van der Waals surface area contributed by atoms with Crippen LogP contribution in [0.5, 0.6) is 5.75 Å². The topological polar surface area (TPSA) is 70.3 Å². The molecule has 2 aromatic carbocycles. The maximum atomic E-state index is 10.4. The van der Waals surface area contributed by atoms with E-state index in [9.17, 15) is 13.0 Å². The van der Waals surface area contributed by atoms with Crippen LogP contribution in [0.1, 0.15) is 18.2 Å². The molecule has 3 aromatic rings. The first kappa shape index (κ1) is 22.8. The van der Waals surface area contributed by atoms with Crippen molar-refractivity contribution in [3.63, 3.8) is 0 Å². The quantitative estimate of drug-likeness (QED) is 0.404. The molecule has 0 aliphatic carbocycles. The Morgan fingerprint density at radius 2 is 1.66 bits per heavy atom. The van der Waals surface area contributed by atoms with Crippen LogP contribution < -0.4 is 9.30 Å². The molecule has 1 aromatic heterocycles. The lowest BCUT2D eigenvalue weighted by atomic mass is 10.2. The van der Waals surface area contributed by atoms with Gasteiger partial charge in [-0.3, -0.25) is 0 Å². The molecule has 0 spiro atoms. The van der Waals surface area contributed by atoms with E-state index in [1.807, 2.05) is 44.4 Å². The highest BCUT2D eigenvalue weighted by molar-refractivity contribution is 9.10. The highest BCUT2D eigenvalue weighted by atomic mass is 79.9. The van der Waals surface area contributed by atoms with E-state index in [1.54, 1.807) is 0 Å². The summed E-state index contributed by atoms with van der Waals surface area (Å²) in [6, 6.07) is 19.8. The van der Waals surface area contributed by atoms with E-state index >= 15 is 0 Å². The Morgan fingerprint density at radius 3 is 2.21 bits per heavy atom. The lowest BCUT2D eigenvalue weighted by molar-refractivity contribution is -0.673. The molecule has 0 aliphatic heterocycles. The molecule has 5 nitrogen and oxygen atoms in total. The molecule has 0 radical (unpaired) electrons. The Balaban J connectivity index is 0.000000234. The number of pyridine rings is 1. The van der Waals surface area contributed by atoms with E-state index in [1.165, 1.54) is 35.5 Å². The van der Waals surface area contributed by atoms with Crippen LogP contribution >= 0.6 is 15.9 Å². The van der Waals surface area contributed by atoms with Gasteiger partial charge in [0.1, 0.15) is 22.9 Å². The molecule has 0 fully saturated rings. The van der Waals surface area contributed by atoms with Crippen molar-refractivity contribution in [3.05, 3.63) is 88.7 Å². The van der Waals surface area contributed by atoms with E-state index in [2.05, 4.69) is 50.8 Å². The molecule has 3 rings (SSSR count). The normalized spacial score (nSPS) is 11.0. The van der Waals surface area contributed by atoms with Crippen LogP contribution in [0.4, 0.5) is 0 Å². The van der Waals surface area contributed by atoms with Gasteiger partial charge >= 0.3 is 0 Å². The minimum atomic E-state index is -4.29. The van der Waals surface area contributed by atoms with Gasteiger partial charge in [-0.25, -0.2) is 13.0 Å². The van der Waals surface area contributed by atoms with E-state index < -0.39 is 10.1 Å². The summed E-state index contributed by atoms with van der Waals surface area (Å²) in [5.41, 5.74) is 2.34. The van der Waals surface area contributed by atoms with Crippen LogP contribution in [-0.2, 0) is 17.2 Å². The largest absolute Gasteiger partial charge is 0.744 e. The molecular formula is C22H22BrNO4S. The van der Waals surface area contributed by atoms with Gasteiger partial charge in [-0.05, 0) is 61.0 Å². The molecular weight excluding hydrogens is 454 g/mol. The highest BCUT2D eigenvalue weighted by Gasteiger charge is 1.99. The lowest BCUT2D eigenvalue weighted by Gasteiger charge is -2.05. The van der Waals surface area contributed by atoms with Crippen LogP contribution in [0.2, 0.25) is 0 Å². The smallest absolute Gasteiger partial charge is 0.204 e. The number of aryl methyl sites for hydroxylation is 1. The van der Waals surface area contributed by atoms with Gasteiger partial charge in [0.25, 0.3) is 0 Å². The van der Waals surface area contributed by atoms with Crippen molar-refractivity contribution in [1.29, 1.82) is 0 Å². The number of hydrogen-bond acceptors (Lipinski definition) is 4. The van der Waals surface area contributed by atoms with E-state index in [4.69, 9.17) is 4.74 Å². The first-order valence-corrected chi connectivity index (χ1v) is 11.1. The second-order valence-electron chi connectivity index (χ2n) is 5.98. The van der Waals surface area contributed by atoms with Crippen molar-refractivity contribution >= 4 is 38.2 Å². The third-order valence-electron chi connectivity index (χ3n) is 3.84. The van der Waals surface area contributed by atoms with Crippen molar-refractivity contribution < 1.29 is 22.3 Å². The molecule has 0 atom stereocenters. The average Bonchev–Trinajstić information content (AvgIpc) is 2.69. The zero-order valence-corrected chi connectivity index (χ0v) is 18.6. The van der Waals surface area contributed by atoms with Crippen molar-refractivity contribution in [2.24, 2.45) is 7.05 Å². The number of rotatable bonds is 5. The average molecular weight is 476 g/mol. The van der Waals surface area contributed by atoms with E-state index in [0.29, 0.717) is 6.61 Å². The van der Waals surface area contributed by atoms with Crippen LogP contribution in [0.25, 0.3) is 12.2 Å². The predicted octanol–water partition coefficient (Wildman–Crippen LogP) is 4.43. The Labute approximate surface area is 180 Å². The third kappa shape index (κ3) is 7.81. The molecule has 7 heteroatoms. The third-order valence-corrected chi connectivity index (χ3v) is 5.21. The first-order valence-electron chi connectivity index (χ1n) is 8.86. The molecule has 0 bridgehead atoms. The molecule has 0 amide bonds. The minimum Gasteiger partial charge on any atom is -0.744 e. The maximum absolute atomic E-state index is 10.4. The van der Waals surface area contributed by atoms with Gasteiger partial charge in [-0.15, -0.1) is 0 Å². The number of hydrogen-bond donors (Lipinski definition) is 0. The second kappa shape index (κ2) is 10.9. The Morgan fingerprint density at radius 1 is 1.00 bits per heavy atom. The minimum absolute atomic E-state index is 0.208. The van der Waals surface area contributed by atoms with Crippen molar-refractivity contribution in [3.8, 4) is 5.75 Å². The number of halogens is 1. The number of benzene rings is 2. The number of nitrogens with zero attached hydrogens (tertiary/aromatic N) is 1. The summed E-state index contributed by atoms with van der Waals surface area (Å²) < 4.78 is 39.4. The summed E-state index contributed by atoms with van der Waals surface area (Å²) in [5.74, 6) is 0.917. The summed E-state index contributed by atoms with van der Waals surface area (Å²) in [6.07, 6.45) is 6.25. The van der Waals surface area contributed by atoms with Crippen molar-refractivity contribution in [1.82, 2.24) is 0 Å². The van der Waals surface area contributed by atoms with Crippen LogP contribution in [0, 0.1) is 0 Å². The molecule has 0 N–H and O–H groups in total. The standard InChI is InChI=1S/C16H18NO.C6H5BrO3S/c1-3-18-16-11-8-14(9-12-16)7-10-15-6-4-5-13-17(15)2;7-5-1-3-6(4-2-5)11(8,9)10/h4-13H,3H2,1-2H3;1-4H,(H,8,9,10)/q+1;/p-1/b10-7+;. The van der Waals surface area contributed by atoms with Gasteiger partial charge < -0.3 is 9.29 Å². The molecule has 0 saturated carbocycles. The maximum Gasteiger partial charge on any atom is 0.204 e. The van der Waals surface area contributed by atoms with Crippen LogP contribution in [-0.4, -0.2) is 19.6 Å². The van der Waals surface area contributed by atoms with E-state index in [0.717, 1.165) is 10.2 Å². The molecule has 0 unspecified atom stereocenters. The summed E-state index contributed by atoms with van der Waals surface area (Å²) in [6.45, 7) is 2.69. The van der Waals surface area contributed by atoms with Gasteiger partial charge in [-0.1, -0.05) is 28.1 Å². The summed E-state index contributed by atoms with van der Waals surface area (Å²) in [7, 11) is -2.25. The van der Waals surface area contributed by atoms with Crippen molar-refractivity contribution in [2.45, 2.75) is 11.8 Å². The SMILES string of the molecule is CCOc1ccc(/C=C/c2cccc[n+]2C)cc1.O=S(=O)([O-])c1ccc(Br)cc1. The van der Waals surface area contributed by atoms with Gasteiger partial charge in [0.2, 0.25) is 5.69 Å². The molecule has 152 valence electrons. The number of ether oxygens (including phenoxy) is 1. The fourth-order valence-corrected chi connectivity index (χ4v) is 3.07. The summed E-state index contributed by atoms with van der Waals surface area (Å²) in [5, 5.41) is 0. The van der Waals surface area contributed by atoms with Crippen molar-refractivity contribution in [2.75, 3.05) is 6.61 Å². The summed E-state index contributed by atoms with van der Waals surface area (Å²) in [4.78, 5) is -0.208. The fraction of sp³-hybridized carbons (Fsp3) is 0.136. The highest BCUT2D eigenvalue weighted by Crippen LogP contribution is 2.14. The Kier molecular flexibility index (Phi) is 8.57. The van der Waals surface area contributed by atoms with Gasteiger partial charge in [0.05, 0.1) is 11.5 Å². The summed E-state index contributed by atoms with van der Waals surface area (Å²) >= 11 is 3.12. The predicted molar refractivity (Wildman–Crippen MR) is 116 cm³/mol. The van der Waals surface area contributed by atoms with E-state index in [-0.39, 0.29) is 4.90 Å². The molecule has 1 heterocycles. The fourth-order valence-electron chi connectivity index (χ4n) is 2.33. The zero-order chi connectivity index (χ0) is 21.3. The van der Waals surface area contributed by atoms with Gasteiger partial charge in [0, 0.05) is 22.7 Å². The second-order valence-corrected chi connectivity index (χ2v) is 8.28. The molecule has 29 heavy (non-hydrogen) atoms. The zero-order valence-electron chi connectivity index (χ0n) is 16.2. The molecule has 0 saturated heterocycles. The monoisotopic (exact) mass is 475 g/mol. The van der Waals surface area contributed by atoms with Crippen LogP contribution in [0.15, 0.2) is 82.3 Å². The Bertz CT molecular complexity index is 1050. The van der Waals surface area contributed by atoms with Gasteiger partial charge in [0.15, 0.2) is 6.20 Å². The number of aromatic nitrogens is 1. The molecule has 0 aliphatic rings. The first-order chi connectivity index (χ1) is 13.8.